The summed E-state index contributed by atoms with van der Waals surface area (Å²) >= 11 is 0. The zero-order valence-electron chi connectivity index (χ0n) is 16.5. The molecule has 1 aliphatic rings. The Labute approximate surface area is 173 Å². The Balaban J connectivity index is 2.87. The minimum Gasteiger partial charge on any atom is -0.461 e. The molecule has 30 heavy (non-hydrogen) atoms. The van der Waals surface area contributed by atoms with E-state index >= 15 is 0 Å². The number of aliphatic hydroxyl groups is 3. The predicted octanol–water partition coefficient (Wildman–Crippen LogP) is -2.08. The zero-order chi connectivity index (χ0) is 22.7. The third kappa shape index (κ3) is 7.33. The number of carbonyl (C=O) groups is 3. The molecule has 1 fully saturated rings. The molecule has 0 aromatic rings. The Morgan fingerprint density at radius 1 is 0.633 bits per heavy atom. The molecule has 3 N–H and O–H groups in total. The quantitative estimate of drug-likeness (QED) is 0.178. The number of rotatable bonds is 12. The molecule has 1 heterocycles. The molecule has 0 saturated carbocycles. The highest BCUT2D eigenvalue weighted by atomic mass is 16.5. The highest BCUT2D eigenvalue weighted by Gasteiger charge is 2.44. The smallest absolute Gasteiger partial charge is 0.330 e. The minimum absolute atomic E-state index is 0.111. The Kier molecular flexibility index (Phi) is 10.9. The maximum absolute atomic E-state index is 11.2. The topological polar surface area (TPSA) is 149 Å². The lowest BCUT2D eigenvalue weighted by molar-refractivity contribution is -0.341. The van der Waals surface area contributed by atoms with Gasteiger partial charge in [0.2, 0.25) is 0 Å². The number of esters is 3. The van der Waals surface area contributed by atoms with Crippen LogP contribution in [0.5, 0.6) is 0 Å². The van der Waals surface area contributed by atoms with Crippen LogP contribution in [0, 0.1) is 0 Å². The van der Waals surface area contributed by atoms with Gasteiger partial charge in [0.1, 0.15) is 19.8 Å². The van der Waals surface area contributed by atoms with Gasteiger partial charge in [0, 0.05) is 37.9 Å². The Bertz CT molecular complexity index is 545. The van der Waals surface area contributed by atoms with Crippen LogP contribution in [-0.4, -0.2) is 106 Å². The van der Waals surface area contributed by atoms with Crippen LogP contribution in [0.3, 0.4) is 0 Å². The molecule has 1 saturated heterocycles. The van der Waals surface area contributed by atoms with Gasteiger partial charge >= 0.3 is 17.9 Å². The van der Waals surface area contributed by atoms with Crippen molar-refractivity contribution >= 4 is 17.9 Å². The van der Waals surface area contributed by atoms with E-state index in [0.717, 1.165) is 32.9 Å². The fourth-order valence-corrected chi connectivity index (χ4v) is 2.55. The lowest BCUT2D eigenvalue weighted by Crippen LogP contribution is -2.72. The number of nitrogens with zero attached hydrogens (tertiary/aromatic N) is 3. The summed E-state index contributed by atoms with van der Waals surface area (Å²) < 4.78 is 14.6. The van der Waals surface area contributed by atoms with E-state index in [1.807, 2.05) is 0 Å². The average molecular weight is 429 g/mol. The number of aliphatic hydroxyl groups excluding tert-OH is 3. The largest absolute Gasteiger partial charge is 0.461 e. The second-order valence-electron chi connectivity index (χ2n) is 5.87. The second-order valence-corrected chi connectivity index (χ2v) is 5.87. The number of hydrogen-bond donors (Lipinski definition) is 3. The molecule has 1 rings (SSSR count). The predicted molar refractivity (Wildman–Crippen MR) is 102 cm³/mol. The summed E-state index contributed by atoms with van der Waals surface area (Å²) in [7, 11) is 0. The first-order chi connectivity index (χ1) is 14.3. The molecule has 0 bridgehead atoms. The van der Waals surface area contributed by atoms with Crippen molar-refractivity contribution in [3.05, 3.63) is 38.0 Å². The number of carbonyl (C=O) groups excluding carboxylic acids is 3. The molecule has 0 aromatic heterocycles. The van der Waals surface area contributed by atoms with Crippen LogP contribution in [0.25, 0.3) is 0 Å². The molecule has 12 heteroatoms. The van der Waals surface area contributed by atoms with Crippen LogP contribution in [-0.2, 0) is 28.6 Å². The SMILES string of the molecule is C=CC(=O)OCCN1C(O)N(CCOC(=O)C=C)C(O)N(CCOC(=O)C=C)C1O. The van der Waals surface area contributed by atoms with E-state index in [1.165, 1.54) is 0 Å². The summed E-state index contributed by atoms with van der Waals surface area (Å²) in [5.41, 5.74) is 0. The van der Waals surface area contributed by atoms with Gasteiger partial charge in [-0.05, 0) is 0 Å². The van der Waals surface area contributed by atoms with Crippen molar-refractivity contribution in [3.8, 4) is 0 Å². The van der Waals surface area contributed by atoms with Crippen molar-refractivity contribution in [2.75, 3.05) is 39.5 Å². The summed E-state index contributed by atoms with van der Waals surface area (Å²) in [4.78, 5) is 37.0. The van der Waals surface area contributed by atoms with Crippen molar-refractivity contribution in [2.45, 2.75) is 19.1 Å². The molecule has 1 aliphatic heterocycles. The highest BCUT2D eigenvalue weighted by molar-refractivity contribution is 5.81. The highest BCUT2D eigenvalue weighted by Crippen LogP contribution is 2.22. The van der Waals surface area contributed by atoms with Gasteiger partial charge < -0.3 is 29.5 Å². The molecule has 0 amide bonds. The van der Waals surface area contributed by atoms with Gasteiger partial charge in [-0.3, -0.25) is 0 Å². The van der Waals surface area contributed by atoms with Gasteiger partial charge in [-0.1, -0.05) is 19.7 Å². The van der Waals surface area contributed by atoms with Gasteiger partial charge in [-0.25, -0.2) is 29.1 Å². The van der Waals surface area contributed by atoms with E-state index in [2.05, 4.69) is 19.7 Å². The Morgan fingerprint density at radius 3 is 1.07 bits per heavy atom. The maximum Gasteiger partial charge on any atom is 0.330 e. The van der Waals surface area contributed by atoms with Crippen molar-refractivity contribution in [1.82, 2.24) is 14.7 Å². The van der Waals surface area contributed by atoms with Gasteiger partial charge in [-0.15, -0.1) is 0 Å². The third-order valence-electron chi connectivity index (χ3n) is 4.06. The standard InChI is InChI=1S/C18H27N3O9/c1-4-13(22)28-10-7-19-16(25)20(8-11-29-14(23)5-2)18(27)21(17(19)26)9-12-30-15(24)6-3/h4-6,16-18,25-27H,1-3,7-12H2. The molecule has 168 valence electrons. The van der Waals surface area contributed by atoms with E-state index in [4.69, 9.17) is 14.2 Å². The second kappa shape index (κ2) is 12.8. The van der Waals surface area contributed by atoms with Gasteiger partial charge in [-0.2, -0.15) is 0 Å². The van der Waals surface area contributed by atoms with Crippen molar-refractivity contribution in [3.63, 3.8) is 0 Å². The summed E-state index contributed by atoms with van der Waals surface area (Å²) in [5.74, 6) is -2.05. The van der Waals surface area contributed by atoms with E-state index in [9.17, 15) is 29.7 Å². The zero-order valence-corrected chi connectivity index (χ0v) is 16.5. The van der Waals surface area contributed by atoms with E-state index < -0.39 is 37.0 Å². The molecule has 0 aromatic carbocycles. The molecule has 0 unspecified atom stereocenters. The lowest BCUT2D eigenvalue weighted by atomic mass is 10.3. The lowest BCUT2D eigenvalue weighted by Gasteiger charge is -2.51. The monoisotopic (exact) mass is 429 g/mol. The van der Waals surface area contributed by atoms with Crippen molar-refractivity contribution in [1.29, 1.82) is 0 Å². The van der Waals surface area contributed by atoms with Gasteiger partial charge in [0.15, 0.2) is 19.1 Å². The van der Waals surface area contributed by atoms with Crippen LogP contribution in [0.2, 0.25) is 0 Å². The van der Waals surface area contributed by atoms with Crippen LogP contribution >= 0.6 is 0 Å². The first kappa shape index (κ1) is 25.4. The normalized spacial score (nSPS) is 22.7. The van der Waals surface area contributed by atoms with E-state index in [0.29, 0.717) is 0 Å². The Morgan fingerprint density at radius 2 is 0.867 bits per heavy atom. The molecule has 12 nitrogen and oxygen atoms in total. The summed E-state index contributed by atoms with van der Waals surface area (Å²) in [6.07, 6.45) is -1.63. The Hall–Kier alpha value is -2.61. The van der Waals surface area contributed by atoms with Gasteiger partial charge in [0.25, 0.3) is 0 Å². The summed E-state index contributed by atoms with van der Waals surface area (Å²) in [6, 6.07) is 0. The van der Waals surface area contributed by atoms with Crippen LogP contribution in [0.4, 0.5) is 0 Å². The molecule has 0 aliphatic carbocycles. The van der Waals surface area contributed by atoms with Crippen molar-refractivity contribution in [2.24, 2.45) is 0 Å². The average Bonchev–Trinajstić information content (AvgIpc) is 2.74. The molecule has 0 atom stereocenters. The van der Waals surface area contributed by atoms with E-state index in [1.54, 1.807) is 0 Å². The molecular formula is C18H27N3O9. The first-order valence-corrected chi connectivity index (χ1v) is 8.95. The fraction of sp³-hybridized carbons (Fsp3) is 0.500. The summed E-state index contributed by atoms with van der Waals surface area (Å²) in [5, 5.41) is 31.7. The molecule has 0 radical (unpaired) electrons. The number of ether oxygens (including phenoxy) is 3. The van der Waals surface area contributed by atoms with Crippen LogP contribution < -0.4 is 0 Å². The van der Waals surface area contributed by atoms with Crippen LogP contribution in [0.15, 0.2) is 38.0 Å². The van der Waals surface area contributed by atoms with Gasteiger partial charge in [0.05, 0.1) is 0 Å². The summed E-state index contributed by atoms with van der Waals surface area (Å²) in [6.45, 7) is 8.91. The third-order valence-corrected chi connectivity index (χ3v) is 4.06. The maximum atomic E-state index is 11.2. The number of hydrogen-bond acceptors (Lipinski definition) is 12. The first-order valence-electron chi connectivity index (χ1n) is 8.95. The molecular weight excluding hydrogens is 402 g/mol. The molecule has 0 spiro atoms. The van der Waals surface area contributed by atoms with Crippen molar-refractivity contribution < 1.29 is 43.9 Å². The van der Waals surface area contributed by atoms with Crippen LogP contribution in [0.1, 0.15) is 0 Å². The fourth-order valence-electron chi connectivity index (χ4n) is 2.55. The minimum atomic E-state index is -1.51. The van der Waals surface area contributed by atoms with E-state index in [-0.39, 0.29) is 39.5 Å².